The summed E-state index contributed by atoms with van der Waals surface area (Å²) in [7, 11) is -0.520. The van der Waals surface area contributed by atoms with Crippen molar-refractivity contribution >= 4 is 89.3 Å². The van der Waals surface area contributed by atoms with E-state index in [0.717, 1.165) is 25.0 Å². The summed E-state index contributed by atoms with van der Waals surface area (Å²) < 4.78 is 5.87. The second-order valence-corrected chi connectivity index (χ2v) is 26.5. The molecule has 1 atom stereocenters. The SMILES string of the molecule is CCCCCCc1ccc(C2=C3C(=Cc4c3sc3ccsc43)C(c3ccc(CCCCCC)cc3)(c3ccc(CCCCCC)cc3)C3=c4sc5c(c4C=C23)[SH](c2ccc(CCCCCC)cc2)CC=5)cc1. The van der Waals surface area contributed by atoms with Gasteiger partial charge >= 0.3 is 0 Å². The van der Waals surface area contributed by atoms with Crippen molar-refractivity contribution in [2.75, 3.05) is 5.75 Å². The summed E-state index contributed by atoms with van der Waals surface area (Å²) in [5.74, 6) is 1.14. The smallest absolute Gasteiger partial charge is 0.0728 e. The van der Waals surface area contributed by atoms with E-state index in [2.05, 4.69) is 166 Å². The molecule has 4 heteroatoms. The molecule has 7 aromatic rings. The van der Waals surface area contributed by atoms with Crippen molar-refractivity contribution in [1.29, 1.82) is 0 Å². The van der Waals surface area contributed by atoms with E-state index in [-0.39, 0.29) is 0 Å². The van der Waals surface area contributed by atoms with E-state index in [0.29, 0.717) is 0 Å². The van der Waals surface area contributed by atoms with Crippen LogP contribution in [0.2, 0.25) is 0 Å². The Morgan fingerprint density at radius 1 is 0.500 bits per heavy atom. The number of thiol groups is 1. The monoisotopic (exact) mass is 1020 g/mol. The summed E-state index contributed by atoms with van der Waals surface area (Å²) >= 11 is 6.06. The van der Waals surface area contributed by atoms with E-state index in [4.69, 9.17) is 0 Å². The largest absolute Gasteiger partial charge is 0.194 e. The normalized spacial score (nSPS) is 16.7. The van der Waals surface area contributed by atoms with Gasteiger partial charge in [-0.3, -0.25) is 0 Å². The molecule has 4 aromatic carbocycles. The van der Waals surface area contributed by atoms with Crippen molar-refractivity contribution in [1.82, 2.24) is 0 Å². The molecule has 0 saturated heterocycles. The third-order valence-corrected chi connectivity index (χ3v) is 22.5. The molecule has 0 nitrogen and oxygen atoms in total. The number of hydrogen-bond acceptors (Lipinski definition) is 3. The Balaban J connectivity index is 1.14. The van der Waals surface area contributed by atoms with Crippen LogP contribution in [0.15, 0.2) is 129 Å². The van der Waals surface area contributed by atoms with Gasteiger partial charge < -0.3 is 0 Å². The van der Waals surface area contributed by atoms with Crippen LogP contribution in [-0.4, -0.2) is 5.75 Å². The highest BCUT2D eigenvalue weighted by atomic mass is 32.2. The van der Waals surface area contributed by atoms with Crippen LogP contribution in [0.5, 0.6) is 0 Å². The summed E-state index contributed by atoms with van der Waals surface area (Å²) in [6, 6.07) is 42.5. The second kappa shape index (κ2) is 22.6. The van der Waals surface area contributed by atoms with E-state index >= 15 is 0 Å². The Labute approximate surface area is 446 Å². The van der Waals surface area contributed by atoms with Crippen molar-refractivity contribution in [3.63, 3.8) is 0 Å². The van der Waals surface area contributed by atoms with E-state index in [1.54, 1.807) is 4.90 Å². The maximum absolute atomic E-state index is 2.72. The van der Waals surface area contributed by atoms with Crippen LogP contribution in [-0.2, 0) is 31.1 Å². The molecule has 4 aliphatic rings. The summed E-state index contributed by atoms with van der Waals surface area (Å²) in [5, 5.41) is 2.31. The number of unbranched alkanes of at least 4 members (excludes halogenated alkanes) is 12. The molecule has 0 N–H and O–H groups in total. The maximum atomic E-state index is 2.72. The molecule has 4 heterocycles. The number of allylic oxidation sites excluding steroid dienone is 4. The highest BCUT2D eigenvalue weighted by Crippen LogP contribution is 2.66. The van der Waals surface area contributed by atoms with Gasteiger partial charge in [-0.25, -0.2) is 0 Å². The standard InChI is InChI=1S/C68H76S4/c1-5-9-13-17-21-47-25-33-51(34-26-47)61-55-45-57-66(71-60-42-44-72(67(57)60)54-39-31-50(32-40-54)24-20-16-12-8-4)63(55)68(52-35-27-48(28-36-52)22-18-14-10-6-2,53-37-29-49(30-38-53)23-19-15-11-7-3)58-46-56-64-59(41-43-69-64)70-65(56)62(58)61/h25-43,45-46,72H,5-24,44H2,1-4H3. The summed E-state index contributed by atoms with van der Waals surface area (Å²) in [6.45, 7) is 9.26. The van der Waals surface area contributed by atoms with Crippen LogP contribution in [0.3, 0.4) is 0 Å². The molecule has 0 bridgehead atoms. The molecule has 0 spiro atoms. The molecular formula is C68H76S4. The fraction of sp³-hybridized carbons (Fsp3) is 0.382. The number of hydrogen-bond donors (Lipinski definition) is 1. The van der Waals surface area contributed by atoms with Gasteiger partial charge in [0.25, 0.3) is 0 Å². The van der Waals surface area contributed by atoms with Crippen molar-refractivity contribution in [2.24, 2.45) is 0 Å². The van der Waals surface area contributed by atoms with E-state index < -0.39 is 16.3 Å². The topological polar surface area (TPSA) is 0 Å². The van der Waals surface area contributed by atoms with E-state index in [1.807, 2.05) is 22.7 Å². The number of benzene rings is 4. The van der Waals surface area contributed by atoms with Gasteiger partial charge in [0.05, 0.1) is 10.1 Å². The first kappa shape index (κ1) is 49.7. The average molecular weight is 1020 g/mol. The number of fused-ring (bicyclic) bond motifs is 9. The average Bonchev–Trinajstić information content (AvgIpc) is 4.28. The molecule has 372 valence electrons. The second-order valence-electron chi connectivity index (χ2n) is 21.3. The minimum atomic E-state index is -0.520. The quantitative estimate of drug-likeness (QED) is 0.0453. The number of aryl methyl sites for hydroxylation is 4. The Kier molecular flexibility index (Phi) is 15.6. The summed E-state index contributed by atoms with van der Waals surface area (Å²) in [5.41, 5.74) is 19.8. The molecule has 3 aliphatic carbocycles. The van der Waals surface area contributed by atoms with Gasteiger partial charge in [-0.2, -0.15) is 10.9 Å². The van der Waals surface area contributed by atoms with Crippen molar-refractivity contribution in [2.45, 2.75) is 171 Å². The van der Waals surface area contributed by atoms with Crippen LogP contribution in [0.25, 0.3) is 44.3 Å². The Morgan fingerprint density at radius 3 is 1.54 bits per heavy atom. The molecule has 1 unspecified atom stereocenters. The van der Waals surface area contributed by atoms with Gasteiger partial charge in [0.15, 0.2) is 0 Å². The van der Waals surface area contributed by atoms with Crippen LogP contribution in [0.1, 0.15) is 185 Å². The highest BCUT2D eigenvalue weighted by Gasteiger charge is 2.53. The minimum absolute atomic E-state index is 0.514. The van der Waals surface area contributed by atoms with Crippen LogP contribution < -0.4 is 9.06 Å². The van der Waals surface area contributed by atoms with Gasteiger partial charge in [-0.15, -0.1) is 34.0 Å². The lowest BCUT2D eigenvalue weighted by Crippen LogP contribution is -2.37. The zero-order valence-electron chi connectivity index (χ0n) is 43.6. The zero-order valence-corrected chi connectivity index (χ0v) is 47.0. The first-order valence-corrected chi connectivity index (χ1v) is 32.3. The molecule has 0 radical (unpaired) electrons. The molecule has 0 fully saturated rings. The first-order chi connectivity index (χ1) is 35.5. The Morgan fingerprint density at radius 2 is 1.01 bits per heavy atom. The molecule has 11 rings (SSSR count). The predicted octanol–water partition coefficient (Wildman–Crippen LogP) is 19.3. The maximum Gasteiger partial charge on any atom is 0.0728 e. The van der Waals surface area contributed by atoms with Gasteiger partial charge in [0.2, 0.25) is 0 Å². The van der Waals surface area contributed by atoms with Crippen molar-refractivity contribution in [3.8, 4) is 0 Å². The third kappa shape index (κ3) is 9.39. The highest BCUT2D eigenvalue weighted by molar-refractivity contribution is 8.17. The molecular weight excluding hydrogens is 945 g/mol. The zero-order chi connectivity index (χ0) is 49.0. The lowest BCUT2D eigenvalue weighted by Gasteiger charge is -2.44. The van der Waals surface area contributed by atoms with Crippen LogP contribution >= 0.6 is 44.9 Å². The Hall–Kier alpha value is -4.45. The minimum Gasteiger partial charge on any atom is -0.194 e. The predicted molar refractivity (Wildman–Crippen MR) is 322 cm³/mol. The molecule has 3 aromatic heterocycles. The van der Waals surface area contributed by atoms with Gasteiger partial charge in [0.1, 0.15) is 0 Å². The molecule has 1 aliphatic heterocycles. The van der Waals surface area contributed by atoms with Crippen LogP contribution in [0.4, 0.5) is 0 Å². The van der Waals surface area contributed by atoms with E-state index in [1.165, 1.54) is 215 Å². The lowest BCUT2D eigenvalue weighted by molar-refractivity contribution is 0.666. The fourth-order valence-corrected chi connectivity index (χ4v) is 19.1. The van der Waals surface area contributed by atoms with Crippen molar-refractivity contribution < 1.29 is 0 Å². The number of thiophene rings is 3. The van der Waals surface area contributed by atoms with Crippen LogP contribution in [0, 0.1) is 0 Å². The van der Waals surface area contributed by atoms with Gasteiger partial charge in [-0.1, -0.05) is 196 Å². The molecule has 0 saturated carbocycles. The van der Waals surface area contributed by atoms with E-state index in [9.17, 15) is 0 Å². The lowest BCUT2D eigenvalue weighted by atomic mass is 9.57. The summed E-state index contributed by atoms with van der Waals surface area (Å²) in [4.78, 5) is 4.61. The first-order valence-electron chi connectivity index (χ1n) is 28.3. The van der Waals surface area contributed by atoms with Crippen molar-refractivity contribution in [3.05, 3.63) is 184 Å². The summed E-state index contributed by atoms with van der Waals surface area (Å²) in [6.07, 6.45) is 33.3. The molecule has 0 amide bonds. The fourth-order valence-electron chi connectivity index (χ4n) is 12.5. The number of rotatable bonds is 24. The third-order valence-electron chi connectivity index (χ3n) is 16.4. The Bertz CT molecular complexity index is 3170. The molecule has 72 heavy (non-hydrogen) atoms. The van der Waals surface area contributed by atoms with Gasteiger partial charge in [-0.05, 0) is 153 Å². The van der Waals surface area contributed by atoms with Gasteiger partial charge in [0, 0.05) is 46.0 Å².